The van der Waals surface area contributed by atoms with Crippen LogP contribution in [-0.4, -0.2) is 59.6 Å². The van der Waals surface area contributed by atoms with Crippen LogP contribution in [0.1, 0.15) is 32.4 Å². The second kappa shape index (κ2) is 8.31. The van der Waals surface area contributed by atoms with E-state index in [0.717, 1.165) is 49.6 Å². The average molecular weight is 390 g/mol. The van der Waals surface area contributed by atoms with E-state index in [0.29, 0.717) is 5.82 Å². The minimum atomic E-state index is -3.15. The molecule has 27 heavy (non-hydrogen) atoms. The molecule has 7 nitrogen and oxygen atoms in total. The molecule has 1 aliphatic heterocycles. The normalized spacial score (nSPS) is 16.1. The molecule has 3 rings (SSSR count). The van der Waals surface area contributed by atoms with Crippen LogP contribution in [0.15, 0.2) is 30.5 Å². The van der Waals surface area contributed by atoms with Gasteiger partial charge >= 0.3 is 0 Å². The second-order valence-electron chi connectivity index (χ2n) is 6.74. The molecule has 0 aromatic carbocycles. The highest BCUT2D eigenvalue weighted by Gasteiger charge is 2.29. The number of aryl methyl sites for hydroxylation is 1. The van der Waals surface area contributed by atoms with E-state index >= 15 is 0 Å². The first kappa shape index (κ1) is 19.7. The number of hydrogen-bond donors (Lipinski definition) is 0. The maximum absolute atomic E-state index is 12.1. The highest BCUT2D eigenvalue weighted by molar-refractivity contribution is 7.89. The van der Waals surface area contributed by atoms with Crippen molar-refractivity contribution in [1.82, 2.24) is 19.3 Å². The maximum Gasteiger partial charge on any atom is 0.213 e. The fraction of sp³-hybridized carbons (Fsp3) is 0.526. The van der Waals surface area contributed by atoms with Gasteiger partial charge in [-0.25, -0.2) is 22.7 Å². The molecule has 0 N–H and O–H groups in total. The lowest BCUT2D eigenvalue weighted by molar-refractivity contribution is 0.312. The SMILES string of the molecule is CCc1cc(N2CCC(N(C)S(=O)(=O)CC)CC2)nc(-c2ccccn2)n1. The van der Waals surface area contributed by atoms with Crippen LogP contribution in [0.2, 0.25) is 0 Å². The van der Waals surface area contributed by atoms with Gasteiger partial charge in [0.05, 0.1) is 5.75 Å². The summed E-state index contributed by atoms with van der Waals surface area (Å²) >= 11 is 0. The van der Waals surface area contributed by atoms with Crippen molar-refractivity contribution in [2.45, 2.75) is 39.2 Å². The van der Waals surface area contributed by atoms with Gasteiger partial charge in [-0.1, -0.05) is 13.0 Å². The number of piperidine rings is 1. The Balaban J connectivity index is 1.78. The topological polar surface area (TPSA) is 79.3 Å². The fourth-order valence-corrected chi connectivity index (χ4v) is 4.40. The summed E-state index contributed by atoms with van der Waals surface area (Å²) in [6.07, 6.45) is 4.15. The summed E-state index contributed by atoms with van der Waals surface area (Å²) in [6, 6.07) is 7.79. The quantitative estimate of drug-likeness (QED) is 0.755. The lowest BCUT2D eigenvalue weighted by atomic mass is 10.1. The Hall–Kier alpha value is -2.06. The van der Waals surface area contributed by atoms with Crippen molar-refractivity contribution in [3.63, 3.8) is 0 Å². The van der Waals surface area contributed by atoms with E-state index in [2.05, 4.69) is 21.8 Å². The van der Waals surface area contributed by atoms with E-state index in [1.807, 2.05) is 24.3 Å². The van der Waals surface area contributed by atoms with E-state index in [1.54, 1.807) is 24.5 Å². The number of sulfonamides is 1. The molecule has 2 aromatic rings. The molecule has 2 aromatic heterocycles. The number of hydrogen-bond acceptors (Lipinski definition) is 6. The Morgan fingerprint density at radius 2 is 1.93 bits per heavy atom. The molecule has 0 amide bonds. The van der Waals surface area contributed by atoms with Gasteiger partial charge in [0.25, 0.3) is 0 Å². The van der Waals surface area contributed by atoms with Crippen molar-refractivity contribution in [3.05, 3.63) is 36.2 Å². The molecule has 146 valence electrons. The highest BCUT2D eigenvalue weighted by atomic mass is 32.2. The molecule has 0 bridgehead atoms. The van der Waals surface area contributed by atoms with Crippen LogP contribution in [0.25, 0.3) is 11.5 Å². The van der Waals surface area contributed by atoms with Crippen LogP contribution >= 0.6 is 0 Å². The molecule has 0 spiro atoms. The number of nitrogens with zero attached hydrogens (tertiary/aromatic N) is 5. The van der Waals surface area contributed by atoms with Crippen LogP contribution in [0, 0.1) is 0 Å². The largest absolute Gasteiger partial charge is 0.356 e. The maximum atomic E-state index is 12.1. The lowest BCUT2D eigenvalue weighted by Crippen LogP contribution is -2.46. The monoisotopic (exact) mass is 389 g/mol. The third kappa shape index (κ3) is 4.44. The van der Waals surface area contributed by atoms with Gasteiger partial charge < -0.3 is 4.90 Å². The zero-order chi connectivity index (χ0) is 19.4. The summed E-state index contributed by atoms with van der Waals surface area (Å²) in [7, 11) is -1.46. The van der Waals surface area contributed by atoms with Gasteiger partial charge in [-0.15, -0.1) is 0 Å². The van der Waals surface area contributed by atoms with Crippen LogP contribution in [-0.2, 0) is 16.4 Å². The first-order valence-electron chi connectivity index (χ1n) is 9.44. The number of pyridine rings is 1. The lowest BCUT2D eigenvalue weighted by Gasteiger charge is -2.36. The van der Waals surface area contributed by atoms with Gasteiger partial charge in [-0.3, -0.25) is 4.98 Å². The van der Waals surface area contributed by atoms with Crippen LogP contribution in [0.4, 0.5) is 5.82 Å². The van der Waals surface area contributed by atoms with Gasteiger partial charge in [0, 0.05) is 44.1 Å². The minimum absolute atomic E-state index is 0.0499. The summed E-state index contributed by atoms with van der Waals surface area (Å²) in [6.45, 7) is 5.31. The summed E-state index contributed by atoms with van der Waals surface area (Å²) < 4.78 is 25.8. The molecular formula is C19H27N5O2S. The molecule has 1 aliphatic rings. The summed E-state index contributed by atoms with van der Waals surface area (Å²) in [5.41, 5.74) is 1.74. The van der Waals surface area contributed by atoms with E-state index in [-0.39, 0.29) is 11.8 Å². The van der Waals surface area contributed by atoms with Gasteiger partial charge in [0.1, 0.15) is 11.5 Å². The number of anilines is 1. The molecule has 0 unspecified atom stereocenters. The van der Waals surface area contributed by atoms with Crippen molar-refractivity contribution in [2.75, 3.05) is 30.8 Å². The van der Waals surface area contributed by atoms with Crippen LogP contribution in [0.3, 0.4) is 0 Å². The van der Waals surface area contributed by atoms with E-state index in [4.69, 9.17) is 4.98 Å². The van der Waals surface area contributed by atoms with Crippen molar-refractivity contribution >= 4 is 15.8 Å². The first-order chi connectivity index (χ1) is 12.9. The molecule has 8 heteroatoms. The first-order valence-corrected chi connectivity index (χ1v) is 11.1. The minimum Gasteiger partial charge on any atom is -0.356 e. The van der Waals surface area contributed by atoms with E-state index in [1.165, 1.54) is 0 Å². The summed E-state index contributed by atoms with van der Waals surface area (Å²) in [5.74, 6) is 1.67. The van der Waals surface area contributed by atoms with Crippen molar-refractivity contribution < 1.29 is 8.42 Å². The predicted molar refractivity (Wildman–Crippen MR) is 107 cm³/mol. The van der Waals surface area contributed by atoms with Gasteiger partial charge in [0.15, 0.2) is 5.82 Å². The Morgan fingerprint density at radius 1 is 1.19 bits per heavy atom. The summed E-state index contributed by atoms with van der Waals surface area (Å²) in [4.78, 5) is 15.9. The van der Waals surface area contributed by atoms with Crippen molar-refractivity contribution in [3.8, 4) is 11.5 Å². The molecule has 0 aliphatic carbocycles. The third-order valence-corrected chi connectivity index (χ3v) is 7.03. The average Bonchev–Trinajstić information content (AvgIpc) is 2.73. The Kier molecular flexibility index (Phi) is 6.06. The number of rotatable bonds is 6. The fourth-order valence-electron chi connectivity index (χ4n) is 3.33. The third-order valence-electron chi connectivity index (χ3n) is 5.13. The molecule has 1 fully saturated rings. The molecule has 0 saturated carbocycles. The number of aromatic nitrogens is 3. The van der Waals surface area contributed by atoms with Gasteiger partial charge in [0.2, 0.25) is 10.0 Å². The van der Waals surface area contributed by atoms with Crippen molar-refractivity contribution in [2.24, 2.45) is 0 Å². The molecule has 0 atom stereocenters. The van der Waals surface area contributed by atoms with Crippen LogP contribution < -0.4 is 4.90 Å². The van der Waals surface area contributed by atoms with Gasteiger partial charge in [-0.05, 0) is 38.3 Å². The standard InChI is InChI=1S/C19H27N5O2S/c1-4-15-14-18(22-19(21-15)17-8-6-7-11-20-17)24-12-9-16(10-13-24)23(3)27(25,26)5-2/h6-8,11,14,16H,4-5,9-10,12-13H2,1-3H3. The van der Waals surface area contributed by atoms with E-state index in [9.17, 15) is 8.42 Å². The second-order valence-corrected chi connectivity index (χ2v) is 9.06. The smallest absolute Gasteiger partial charge is 0.213 e. The van der Waals surface area contributed by atoms with Crippen LogP contribution in [0.5, 0.6) is 0 Å². The molecule has 3 heterocycles. The van der Waals surface area contributed by atoms with Gasteiger partial charge in [-0.2, -0.15) is 0 Å². The zero-order valence-corrected chi connectivity index (χ0v) is 17.0. The zero-order valence-electron chi connectivity index (χ0n) is 16.2. The Morgan fingerprint density at radius 3 is 2.52 bits per heavy atom. The molecular weight excluding hydrogens is 362 g/mol. The van der Waals surface area contributed by atoms with E-state index < -0.39 is 10.0 Å². The molecule has 0 radical (unpaired) electrons. The Bertz CT molecular complexity index is 865. The predicted octanol–water partition coefficient (Wildman–Crippen LogP) is 2.35. The summed E-state index contributed by atoms with van der Waals surface area (Å²) in [5, 5.41) is 0. The molecule has 1 saturated heterocycles. The highest BCUT2D eigenvalue weighted by Crippen LogP contribution is 2.24. The van der Waals surface area contributed by atoms with Crippen molar-refractivity contribution in [1.29, 1.82) is 0 Å². The Labute approximate surface area is 161 Å².